The molecule has 1 nitrogen and oxygen atoms in total. The average molecular weight is 187 g/mol. The van der Waals surface area contributed by atoms with Crippen molar-refractivity contribution in [1.82, 2.24) is 0 Å². The van der Waals surface area contributed by atoms with Crippen molar-refractivity contribution in [2.24, 2.45) is 4.99 Å². The Morgan fingerprint density at radius 1 is 1.43 bits per heavy atom. The van der Waals surface area contributed by atoms with Gasteiger partial charge in [0.05, 0.1) is 5.69 Å². The lowest BCUT2D eigenvalue weighted by Crippen LogP contribution is -1.95. The average Bonchev–Trinajstić information content (AvgIpc) is 2.16. The van der Waals surface area contributed by atoms with Crippen molar-refractivity contribution in [3.05, 3.63) is 41.5 Å². The molecule has 0 aliphatic rings. The van der Waals surface area contributed by atoms with E-state index in [1.165, 1.54) is 11.1 Å². The van der Waals surface area contributed by atoms with E-state index in [0.29, 0.717) is 5.92 Å². The number of hydrogen-bond donors (Lipinski definition) is 0. The van der Waals surface area contributed by atoms with Crippen molar-refractivity contribution in [1.29, 1.82) is 0 Å². The Bertz CT molecular complexity index is 363. The van der Waals surface area contributed by atoms with Gasteiger partial charge in [0.1, 0.15) is 0 Å². The Balaban J connectivity index is 3.23. The summed E-state index contributed by atoms with van der Waals surface area (Å²) in [5.74, 6) is 0.343. The molecule has 14 heavy (non-hydrogen) atoms. The Morgan fingerprint density at radius 3 is 2.57 bits per heavy atom. The topological polar surface area (TPSA) is 12.4 Å². The molecule has 0 spiro atoms. The van der Waals surface area contributed by atoms with Crippen LogP contribution in [0, 0.1) is 6.92 Å². The van der Waals surface area contributed by atoms with Gasteiger partial charge in [-0.15, -0.1) is 0 Å². The summed E-state index contributed by atoms with van der Waals surface area (Å²) >= 11 is 0. The van der Waals surface area contributed by atoms with Crippen LogP contribution in [0.2, 0.25) is 0 Å². The van der Waals surface area contributed by atoms with E-state index in [4.69, 9.17) is 0 Å². The van der Waals surface area contributed by atoms with Crippen LogP contribution in [0.15, 0.2) is 35.3 Å². The number of rotatable bonds is 3. The second kappa shape index (κ2) is 4.23. The van der Waals surface area contributed by atoms with Gasteiger partial charge in [-0.3, -0.25) is 4.99 Å². The normalized spacial score (nSPS) is 12.2. The fraction of sp³-hybridized carbons (Fsp3) is 0.308. The van der Waals surface area contributed by atoms with E-state index in [9.17, 15) is 0 Å². The SMILES string of the molecule is C=Nc1ccc(C)cc1[C@@H](C)C(=C)C. The molecule has 0 aromatic heterocycles. The number of aryl methyl sites for hydroxylation is 1. The molecule has 1 aromatic rings. The summed E-state index contributed by atoms with van der Waals surface area (Å²) in [7, 11) is 0. The number of benzene rings is 1. The molecule has 0 aliphatic carbocycles. The first-order valence-corrected chi connectivity index (χ1v) is 4.79. The molecule has 0 N–H and O–H groups in total. The summed E-state index contributed by atoms with van der Waals surface area (Å²) in [5.41, 5.74) is 4.58. The number of nitrogens with zero attached hydrogens (tertiary/aromatic N) is 1. The first-order valence-electron chi connectivity index (χ1n) is 4.79. The summed E-state index contributed by atoms with van der Waals surface area (Å²) in [6.07, 6.45) is 0. The predicted molar refractivity (Wildman–Crippen MR) is 63.6 cm³/mol. The lowest BCUT2D eigenvalue weighted by Gasteiger charge is -2.14. The fourth-order valence-corrected chi connectivity index (χ4v) is 1.43. The third kappa shape index (κ3) is 2.11. The third-order valence-corrected chi connectivity index (χ3v) is 2.56. The molecule has 0 fully saturated rings. The number of aliphatic imine (C=N–C) groups is 1. The van der Waals surface area contributed by atoms with Crippen molar-refractivity contribution in [2.75, 3.05) is 0 Å². The molecule has 0 amide bonds. The maximum absolute atomic E-state index is 4.02. The molecule has 0 heterocycles. The van der Waals surface area contributed by atoms with Crippen LogP contribution in [0.4, 0.5) is 5.69 Å². The van der Waals surface area contributed by atoms with Gasteiger partial charge in [-0.2, -0.15) is 0 Å². The van der Waals surface area contributed by atoms with Crippen LogP contribution in [0.25, 0.3) is 0 Å². The van der Waals surface area contributed by atoms with Gasteiger partial charge < -0.3 is 0 Å². The first kappa shape index (κ1) is 10.7. The number of hydrogen-bond acceptors (Lipinski definition) is 1. The maximum Gasteiger partial charge on any atom is 0.0660 e. The lowest BCUT2D eigenvalue weighted by atomic mass is 9.92. The molecule has 74 valence electrons. The summed E-state index contributed by atoms with van der Waals surface area (Å²) < 4.78 is 0. The molecule has 0 unspecified atom stereocenters. The van der Waals surface area contributed by atoms with Crippen LogP contribution in [0.1, 0.15) is 30.9 Å². The minimum absolute atomic E-state index is 0.343. The third-order valence-electron chi connectivity index (χ3n) is 2.56. The minimum Gasteiger partial charge on any atom is -0.264 e. The molecule has 1 atom stereocenters. The van der Waals surface area contributed by atoms with E-state index in [2.05, 4.69) is 44.3 Å². The van der Waals surface area contributed by atoms with Crippen LogP contribution in [-0.4, -0.2) is 6.72 Å². The van der Waals surface area contributed by atoms with E-state index >= 15 is 0 Å². The highest BCUT2D eigenvalue weighted by Gasteiger charge is 2.10. The summed E-state index contributed by atoms with van der Waals surface area (Å²) in [6.45, 7) is 13.8. The van der Waals surface area contributed by atoms with Crippen molar-refractivity contribution in [3.63, 3.8) is 0 Å². The van der Waals surface area contributed by atoms with E-state index in [0.717, 1.165) is 11.3 Å². The molecule has 0 bridgehead atoms. The van der Waals surface area contributed by atoms with Gasteiger partial charge in [0.25, 0.3) is 0 Å². The zero-order chi connectivity index (χ0) is 10.7. The standard InChI is InChI=1S/C13H17N/c1-9(2)11(4)12-8-10(3)6-7-13(12)14-5/h6-8,11H,1,5H2,2-4H3/t11-/m0/s1. The molecule has 1 rings (SSSR count). The molecule has 1 aromatic carbocycles. The molecule has 0 radical (unpaired) electrons. The Hall–Kier alpha value is -1.37. The van der Waals surface area contributed by atoms with Gasteiger partial charge in [0.2, 0.25) is 0 Å². The largest absolute Gasteiger partial charge is 0.264 e. The smallest absolute Gasteiger partial charge is 0.0660 e. The minimum atomic E-state index is 0.343. The zero-order valence-electron chi connectivity index (χ0n) is 9.17. The Kier molecular flexibility index (Phi) is 3.23. The van der Waals surface area contributed by atoms with Gasteiger partial charge >= 0.3 is 0 Å². The van der Waals surface area contributed by atoms with Gasteiger partial charge in [0, 0.05) is 5.92 Å². The summed E-state index contributed by atoms with van der Waals surface area (Å²) in [6, 6.07) is 6.22. The van der Waals surface area contributed by atoms with Crippen LogP contribution in [0.5, 0.6) is 0 Å². The van der Waals surface area contributed by atoms with E-state index in [-0.39, 0.29) is 0 Å². The first-order chi connectivity index (χ1) is 6.56. The van der Waals surface area contributed by atoms with Gasteiger partial charge in [-0.1, -0.05) is 36.8 Å². The Labute approximate surface area is 86.2 Å². The Morgan fingerprint density at radius 2 is 2.07 bits per heavy atom. The van der Waals surface area contributed by atoms with Crippen LogP contribution >= 0.6 is 0 Å². The van der Waals surface area contributed by atoms with E-state index in [1.807, 2.05) is 13.0 Å². The van der Waals surface area contributed by atoms with Crippen LogP contribution in [-0.2, 0) is 0 Å². The second-order valence-corrected chi connectivity index (χ2v) is 3.79. The van der Waals surface area contributed by atoms with Crippen molar-refractivity contribution >= 4 is 12.4 Å². The highest BCUT2D eigenvalue weighted by Crippen LogP contribution is 2.31. The maximum atomic E-state index is 4.02. The molecule has 0 saturated heterocycles. The van der Waals surface area contributed by atoms with E-state index in [1.54, 1.807) is 0 Å². The second-order valence-electron chi connectivity index (χ2n) is 3.79. The molecular weight excluding hydrogens is 170 g/mol. The zero-order valence-corrected chi connectivity index (χ0v) is 9.17. The van der Waals surface area contributed by atoms with Gasteiger partial charge in [-0.05, 0) is 32.2 Å². The van der Waals surface area contributed by atoms with Crippen molar-refractivity contribution in [2.45, 2.75) is 26.7 Å². The molecule has 0 aliphatic heterocycles. The quantitative estimate of drug-likeness (QED) is 0.501. The molecule has 0 saturated carbocycles. The molecular formula is C13H17N. The fourth-order valence-electron chi connectivity index (χ4n) is 1.43. The van der Waals surface area contributed by atoms with Crippen LogP contribution in [0.3, 0.4) is 0 Å². The molecule has 1 heteroatoms. The van der Waals surface area contributed by atoms with Crippen LogP contribution < -0.4 is 0 Å². The summed E-state index contributed by atoms with van der Waals surface area (Å²) in [4.78, 5) is 4.02. The van der Waals surface area contributed by atoms with Gasteiger partial charge in [0.15, 0.2) is 0 Å². The highest BCUT2D eigenvalue weighted by atomic mass is 14.7. The lowest BCUT2D eigenvalue weighted by molar-refractivity contribution is 0.897. The number of allylic oxidation sites excluding steroid dienone is 1. The predicted octanol–water partition coefficient (Wildman–Crippen LogP) is 4.01. The monoisotopic (exact) mass is 187 g/mol. The van der Waals surface area contributed by atoms with Crippen molar-refractivity contribution < 1.29 is 0 Å². The highest BCUT2D eigenvalue weighted by molar-refractivity contribution is 5.55. The van der Waals surface area contributed by atoms with E-state index < -0.39 is 0 Å². The summed E-state index contributed by atoms with van der Waals surface area (Å²) in [5, 5.41) is 0. The van der Waals surface area contributed by atoms with Gasteiger partial charge in [-0.25, -0.2) is 0 Å². The van der Waals surface area contributed by atoms with Crippen molar-refractivity contribution in [3.8, 4) is 0 Å².